The van der Waals surface area contributed by atoms with E-state index in [1.54, 1.807) is 0 Å². The Morgan fingerprint density at radius 3 is 2.45 bits per heavy atom. The fourth-order valence-corrected chi connectivity index (χ4v) is 3.44. The number of rotatable bonds is 9. The standard InChI is InChI=1S/C24H29N3O2/c1-18(2)17-22(28)26-23(20-10-4-3-5-11-20)24(29)25-14-8-15-27-16-13-19-9-6-7-12-21(19)27/h3-7,9-13,16,18,23H,8,14-15,17H2,1-2H3,(H,25,29)(H,26,28). The van der Waals surface area contributed by atoms with Crippen LogP contribution in [0.2, 0.25) is 0 Å². The Kier molecular flexibility index (Phi) is 7.06. The molecule has 152 valence electrons. The molecule has 0 radical (unpaired) electrons. The van der Waals surface area contributed by atoms with E-state index in [9.17, 15) is 9.59 Å². The lowest BCUT2D eigenvalue weighted by Gasteiger charge is -2.19. The number of hydrogen-bond donors (Lipinski definition) is 2. The van der Waals surface area contributed by atoms with Crippen molar-refractivity contribution in [3.63, 3.8) is 0 Å². The maximum atomic E-state index is 12.8. The first-order valence-electron chi connectivity index (χ1n) is 10.2. The van der Waals surface area contributed by atoms with Crippen LogP contribution in [-0.2, 0) is 16.1 Å². The molecule has 2 aromatic carbocycles. The van der Waals surface area contributed by atoms with Crippen LogP contribution in [0.15, 0.2) is 66.9 Å². The number of benzene rings is 2. The van der Waals surface area contributed by atoms with Crippen LogP contribution in [0.5, 0.6) is 0 Å². The van der Waals surface area contributed by atoms with Gasteiger partial charge in [0.05, 0.1) is 0 Å². The molecule has 1 aromatic heterocycles. The van der Waals surface area contributed by atoms with Crippen LogP contribution in [0.4, 0.5) is 0 Å². The summed E-state index contributed by atoms with van der Waals surface area (Å²) in [5.74, 6) is -0.0423. The van der Waals surface area contributed by atoms with E-state index in [-0.39, 0.29) is 17.7 Å². The van der Waals surface area contributed by atoms with Gasteiger partial charge >= 0.3 is 0 Å². The van der Waals surface area contributed by atoms with Crippen LogP contribution < -0.4 is 10.6 Å². The number of hydrogen-bond acceptors (Lipinski definition) is 2. The molecule has 3 aromatic rings. The zero-order chi connectivity index (χ0) is 20.6. The van der Waals surface area contributed by atoms with E-state index >= 15 is 0 Å². The van der Waals surface area contributed by atoms with Crippen LogP contribution in [0.1, 0.15) is 38.3 Å². The Labute approximate surface area is 172 Å². The fraction of sp³-hybridized carbons (Fsp3) is 0.333. The molecule has 0 saturated carbocycles. The molecule has 5 heteroatoms. The molecule has 0 spiro atoms. The van der Waals surface area contributed by atoms with Gasteiger partial charge in [-0.2, -0.15) is 0 Å². The maximum absolute atomic E-state index is 12.8. The van der Waals surface area contributed by atoms with E-state index in [0.717, 1.165) is 18.5 Å². The zero-order valence-electron chi connectivity index (χ0n) is 17.1. The first-order valence-corrected chi connectivity index (χ1v) is 10.2. The number of fused-ring (bicyclic) bond motifs is 1. The molecule has 2 amide bonds. The summed E-state index contributed by atoms with van der Waals surface area (Å²) < 4.78 is 2.20. The van der Waals surface area contributed by atoms with Crippen molar-refractivity contribution in [3.05, 3.63) is 72.4 Å². The lowest BCUT2D eigenvalue weighted by Crippen LogP contribution is -2.41. The average molecular weight is 392 g/mol. The summed E-state index contributed by atoms with van der Waals surface area (Å²) >= 11 is 0. The van der Waals surface area contributed by atoms with Crippen LogP contribution in [-0.4, -0.2) is 22.9 Å². The molecular formula is C24H29N3O2. The largest absolute Gasteiger partial charge is 0.354 e. The number of aromatic nitrogens is 1. The van der Waals surface area contributed by atoms with Gasteiger partial charge in [0.1, 0.15) is 6.04 Å². The Bertz CT molecular complexity index is 947. The molecule has 1 atom stereocenters. The summed E-state index contributed by atoms with van der Waals surface area (Å²) in [5, 5.41) is 7.09. The molecule has 3 rings (SSSR count). The number of carbonyl (C=O) groups excluding carboxylic acids is 2. The van der Waals surface area contributed by atoms with Gasteiger partial charge in [0.15, 0.2) is 0 Å². The van der Waals surface area contributed by atoms with Crippen LogP contribution >= 0.6 is 0 Å². The molecule has 0 aliphatic rings. The van der Waals surface area contributed by atoms with Gasteiger partial charge in [-0.15, -0.1) is 0 Å². The summed E-state index contributed by atoms with van der Waals surface area (Å²) in [6.07, 6.45) is 3.29. The van der Waals surface area contributed by atoms with Gasteiger partial charge < -0.3 is 15.2 Å². The molecule has 1 unspecified atom stereocenters. The van der Waals surface area contributed by atoms with Gasteiger partial charge in [-0.3, -0.25) is 9.59 Å². The minimum atomic E-state index is -0.671. The lowest BCUT2D eigenvalue weighted by molar-refractivity contribution is -0.129. The molecular weight excluding hydrogens is 362 g/mol. The van der Waals surface area contributed by atoms with E-state index in [0.29, 0.717) is 13.0 Å². The first kappa shape index (κ1) is 20.6. The van der Waals surface area contributed by atoms with Crippen molar-refractivity contribution in [2.45, 2.75) is 39.3 Å². The van der Waals surface area contributed by atoms with Gasteiger partial charge in [-0.1, -0.05) is 62.4 Å². The smallest absolute Gasteiger partial charge is 0.247 e. The molecule has 1 heterocycles. The monoisotopic (exact) mass is 391 g/mol. The van der Waals surface area contributed by atoms with Gasteiger partial charge in [-0.25, -0.2) is 0 Å². The molecule has 29 heavy (non-hydrogen) atoms. The summed E-state index contributed by atoms with van der Waals surface area (Å²) in [4.78, 5) is 25.1. The summed E-state index contributed by atoms with van der Waals surface area (Å²) in [7, 11) is 0. The SMILES string of the molecule is CC(C)CC(=O)NC(C(=O)NCCCn1ccc2ccccc21)c1ccccc1. The number of nitrogens with one attached hydrogen (secondary N) is 2. The molecule has 0 bridgehead atoms. The van der Waals surface area contributed by atoms with Gasteiger partial charge in [0.2, 0.25) is 11.8 Å². The van der Waals surface area contributed by atoms with Crippen molar-refractivity contribution >= 4 is 22.7 Å². The topological polar surface area (TPSA) is 63.1 Å². The minimum absolute atomic E-state index is 0.109. The average Bonchev–Trinajstić information content (AvgIpc) is 3.12. The molecule has 0 fully saturated rings. The second kappa shape index (κ2) is 9.92. The highest BCUT2D eigenvalue weighted by molar-refractivity contribution is 5.88. The summed E-state index contributed by atoms with van der Waals surface area (Å²) in [6, 6.07) is 19.1. The number of amides is 2. The highest BCUT2D eigenvalue weighted by atomic mass is 16.2. The van der Waals surface area contributed by atoms with E-state index in [4.69, 9.17) is 0 Å². The van der Waals surface area contributed by atoms with Gasteiger partial charge in [0.25, 0.3) is 0 Å². The zero-order valence-corrected chi connectivity index (χ0v) is 17.1. The Morgan fingerprint density at radius 2 is 1.69 bits per heavy atom. The molecule has 2 N–H and O–H groups in total. The lowest BCUT2D eigenvalue weighted by atomic mass is 10.0. The Hall–Kier alpha value is -3.08. The second-order valence-electron chi connectivity index (χ2n) is 7.72. The van der Waals surface area contributed by atoms with E-state index < -0.39 is 6.04 Å². The summed E-state index contributed by atoms with van der Waals surface area (Å²) in [5.41, 5.74) is 1.99. The minimum Gasteiger partial charge on any atom is -0.354 e. The van der Waals surface area contributed by atoms with Crippen molar-refractivity contribution in [3.8, 4) is 0 Å². The number of para-hydroxylation sites is 1. The quantitative estimate of drug-likeness (QED) is 0.541. The first-order chi connectivity index (χ1) is 14.0. The molecule has 0 aliphatic heterocycles. The number of carbonyl (C=O) groups is 2. The normalized spacial score (nSPS) is 12.1. The number of nitrogens with zero attached hydrogens (tertiary/aromatic N) is 1. The third kappa shape index (κ3) is 5.70. The Balaban J connectivity index is 1.57. The highest BCUT2D eigenvalue weighted by Gasteiger charge is 2.22. The third-order valence-corrected chi connectivity index (χ3v) is 4.85. The van der Waals surface area contributed by atoms with Crippen molar-refractivity contribution in [2.75, 3.05) is 6.54 Å². The number of aryl methyl sites for hydroxylation is 1. The predicted molar refractivity (Wildman–Crippen MR) is 116 cm³/mol. The van der Waals surface area contributed by atoms with Crippen molar-refractivity contribution in [2.24, 2.45) is 5.92 Å². The van der Waals surface area contributed by atoms with Crippen molar-refractivity contribution < 1.29 is 9.59 Å². The van der Waals surface area contributed by atoms with Crippen molar-refractivity contribution in [1.29, 1.82) is 0 Å². The van der Waals surface area contributed by atoms with Crippen molar-refractivity contribution in [1.82, 2.24) is 15.2 Å². The molecule has 5 nitrogen and oxygen atoms in total. The molecule has 0 saturated heterocycles. The van der Waals surface area contributed by atoms with Crippen LogP contribution in [0.25, 0.3) is 10.9 Å². The predicted octanol–water partition coefficient (Wildman–Crippen LogP) is 4.05. The van der Waals surface area contributed by atoms with Crippen LogP contribution in [0.3, 0.4) is 0 Å². The van der Waals surface area contributed by atoms with E-state index in [1.807, 2.05) is 56.3 Å². The van der Waals surface area contributed by atoms with E-state index in [1.165, 1.54) is 10.9 Å². The third-order valence-electron chi connectivity index (χ3n) is 4.85. The summed E-state index contributed by atoms with van der Waals surface area (Å²) in [6.45, 7) is 5.35. The second-order valence-corrected chi connectivity index (χ2v) is 7.72. The highest BCUT2D eigenvalue weighted by Crippen LogP contribution is 2.16. The van der Waals surface area contributed by atoms with Crippen LogP contribution in [0, 0.1) is 5.92 Å². The Morgan fingerprint density at radius 1 is 0.966 bits per heavy atom. The van der Waals surface area contributed by atoms with E-state index in [2.05, 4.69) is 39.6 Å². The van der Waals surface area contributed by atoms with Gasteiger partial charge in [-0.05, 0) is 35.4 Å². The molecule has 0 aliphatic carbocycles. The van der Waals surface area contributed by atoms with Gasteiger partial charge in [0, 0.05) is 31.2 Å². The maximum Gasteiger partial charge on any atom is 0.247 e. The fourth-order valence-electron chi connectivity index (χ4n) is 3.44.